The van der Waals surface area contributed by atoms with Crippen molar-refractivity contribution in [3.8, 4) is 0 Å². The Bertz CT molecular complexity index is 580. The highest BCUT2D eigenvalue weighted by Crippen LogP contribution is 2.14. The minimum atomic E-state index is 0.583. The minimum Gasteiger partial charge on any atom is -0.353 e. The van der Waals surface area contributed by atoms with Gasteiger partial charge in [0.1, 0.15) is 0 Å². The first kappa shape index (κ1) is 14.7. The van der Waals surface area contributed by atoms with Crippen molar-refractivity contribution in [2.45, 2.75) is 13.5 Å². The van der Waals surface area contributed by atoms with Crippen LogP contribution in [-0.4, -0.2) is 52.8 Å². The van der Waals surface area contributed by atoms with Gasteiger partial charge in [0.2, 0.25) is 5.95 Å². The van der Waals surface area contributed by atoms with Crippen LogP contribution in [-0.2, 0) is 6.54 Å². The average Bonchev–Trinajstić information content (AvgIpc) is 2.61. The van der Waals surface area contributed by atoms with Crippen LogP contribution in [0.15, 0.2) is 36.5 Å². The largest absolute Gasteiger partial charge is 0.353 e. The average molecular weight is 298 g/mol. The van der Waals surface area contributed by atoms with Crippen molar-refractivity contribution in [3.63, 3.8) is 0 Å². The molecule has 2 aromatic rings. The van der Waals surface area contributed by atoms with E-state index in [-0.39, 0.29) is 0 Å². The van der Waals surface area contributed by atoms with Crippen LogP contribution in [0.4, 0.5) is 11.8 Å². The number of aromatic nitrogens is 3. The Kier molecular flexibility index (Phi) is 4.80. The van der Waals surface area contributed by atoms with Gasteiger partial charge in [-0.05, 0) is 12.1 Å². The van der Waals surface area contributed by atoms with E-state index in [2.05, 4.69) is 49.4 Å². The molecule has 3 rings (SSSR count). The third-order valence-electron chi connectivity index (χ3n) is 3.98. The molecule has 22 heavy (non-hydrogen) atoms. The normalized spacial score (nSPS) is 15.8. The van der Waals surface area contributed by atoms with Gasteiger partial charge in [-0.3, -0.25) is 0 Å². The van der Waals surface area contributed by atoms with Gasteiger partial charge in [-0.15, -0.1) is 5.10 Å². The maximum absolute atomic E-state index is 4.59. The Labute approximate surface area is 131 Å². The molecule has 6 nitrogen and oxygen atoms in total. The van der Waals surface area contributed by atoms with E-state index in [1.807, 2.05) is 18.2 Å². The molecule has 1 aromatic heterocycles. The lowest BCUT2D eigenvalue weighted by Gasteiger charge is -2.34. The molecular weight excluding hydrogens is 276 g/mol. The summed E-state index contributed by atoms with van der Waals surface area (Å²) in [6, 6.07) is 10.2. The van der Waals surface area contributed by atoms with E-state index in [1.165, 1.54) is 5.56 Å². The third kappa shape index (κ3) is 3.71. The van der Waals surface area contributed by atoms with Crippen LogP contribution in [0.2, 0.25) is 0 Å². The second kappa shape index (κ2) is 7.17. The number of nitrogens with one attached hydrogen (secondary N) is 1. The van der Waals surface area contributed by atoms with Crippen molar-refractivity contribution in [1.29, 1.82) is 0 Å². The molecule has 1 saturated heterocycles. The molecule has 1 aliphatic heterocycles. The van der Waals surface area contributed by atoms with E-state index < -0.39 is 0 Å². The van der Waals surface area contributed by atoms with E-state index in [4.69, 9.17) is 0 Å². The molecule has 0 bridgehead atoms. The van der Waals surface area contributed by atoms with Crippen molar-refractivity contribution in [2.24, 2.45) is 0 Å². The van der Waals surface area contributed by atoms with Crippen LogP contribution >= 0.6 is 0 Å². The predicted molar refractivity (Wildman–Crippen MR) is 87.9 cm³/mol. The Morgan fingerprint density at radius 1 is 1.09 bits per heavy atom. The van der Waals surface area contributed by atoms with Crippen molar-refractivity contribution >= 4 is 11.8 Å². The van der Waals surface area contributed by atoms with Gasteiger partial charge in [-0.1, -0.05) is 37.3 Å². The quantitative estimate of drug-likeness (QED) is 0.905. The van der Waals surface area contributed by atoms with Crippen LogP contribution in [0.5, 0.6) is 0 Å². The minimum absolute atomic E-state index is 0.583. The van der Waals surface area contributed by atoms with Crippen LogP contribution < -0.4 is 10.2 Å². The van der Waals surface area contributed by atoms with E-state index in [0.29, 0.717) is 12.5 Å². The number of rotatable bonds is 5. The maximum Gasteiger partial charge on any atom is 0.244 e. The molecule has 0 unspecified atom stereocenters. The van der Waals surface area contributed by atoms with E-state index in [0.717, 1.165) is 38.5 Å². The fraction of sp³-hybridized carbons (Fsp3) is 0.438. The monoisotopic (exact) mass is 298 g/mol. The highest BCUT2D eigenvalue weighted by atomic mass is 15.3. The summed E-state index contributed by atoms with van der Waals surface area (Å²) in [5.74, 6) is 1.49. The van der Waals surface area contributed by atoms with Gasteiger partial charge in [0.15, 0.2) is 5.82 Å². The molecular formula is C16H22N6. The molecule has 1 fully saturated rings. The smallest absolute Gasteiger partial charge is 0.244 e. The van der Waals surface area contributed by atoms with E-state index in [9.17, 15) is 0 Å². The van der Waals surface area contributed by atoms with Gasteiger partial charge in [-0.2, -0.15) is 10.1 Å². The van der Waals surface area contributed by atoms with Crippen molar-refractivity contribution in [1.82, 2.24) is 20.1 Å². The van der Waals surface area contributed by atoms with E-state index >= 15 is 0 Å². The highest BCUT2D eigenvalue weighted by molar-refractivity contribution is 5.41. The predicted octanol–water partition coefficient (Wildman–Crippen LogP) is 1.63. The number of piperazine rings is 1. The summed E-state index contributed by atoms with van der Waals surface area (Å²) in [6.07, 6.45) is 1.75. The van der Waals surface area contributed by atoms with Crippen LogP contribution in [0.1, 0.15) is 12.5 Å². The molecule has 6 heteroatoms. The standard InChI is InChI=1S/C16H22N6/c1-2-21-8-10-22(11-9-21)15-13-18-20-16(19-15)17-12-14-6-4-3-5-7-14/h3-7,13H,2,8-12H2,1H3,(H,17,19,20). The molecule has 1 N–H and O–H groups in total. The molecule has 0 spiro atoms. The number of benzene rings is 1. The molecule has 2 heterocycles. The number of hydrogen-bond acceptors (Lipinski definition) is 6. The summed E-state index contributed by atoms with van der Waals surface area (Å²) in [5.41, 5.74) is 1.20. The molecule has 0 amide bonds. The van der Waals surface area contributed by atoms with Gasteiger partial charge in [0.25, 0.3) is 0 Å². The van der Waals surface area contributed by atoms with Crippen LogP contribution in [0, 0.1) is 0 Å². The fourth-order valence-electron chi connectivity index (χ4n) is 2.59. The summed E-state index contributed by atoms with van der Waals surface area (Å²) in [7, 11) is 0. The summed E-state index contributed by atoms with van der Waals surface area (Å²) < 4.78 is 0. The number of hydrogen-bond donors (Lipinski definition) is 1. The van der Waals surface area contributed by atoms with Crippen molar-refractivity contribution < 1.29 is 0 Å². The number of nitrogens with zero attached hydrogens (tertiary/aromatic N) is 5. The zero-order valence-corrected chi connectivity index (χ0v) is 12.9. The SMILES string of the molecule is CCN1CCN(c2cnnc(NCc3ccccc3)n2)CC1. The number of likely N-dealkylation sites (N-methyl/N-ethyl adjacent to an activating group) is 1. The number of anilines is 2. The molecule has 1 aliphatic rings. The second-order valence-corrected chi connectivity index (χ2v) is 5.40. The van der Waals surface area contributed by atoms with Gasteiger partial charge < -0.3 is 15.1 Å². The molecule has 0 atom stereocenters. The van der Waals surface area contributed by atoms with Crippen LogP contribution in [0.25, 0.3) is 0 Å². The molecule has 0 radical (unpaired) electrons. The molecule has 116 valence electrons. The van der Waals surface area contributed by atoms with Gasteiger partial charge in [-0.25, -0.2) is 0 Å². The van der Waals surface area contributed by atoms with Crippen molar-refractivity contribution in [3.05, 3.63) is 42.1 Å². The van der Waals surface area contributed by atoms with Crippen molar-refractivity contribution in [2.75, 3.05) is 42.9 Å². The lowest BCUT2D eigenvalue weighted by Crippen LogP contribution is -2.46. The lowest BCUT2D eigenvalue weighted by atomic mass is 10.2. The first-order valence-corrected chi connectivity index (χ1v) is 7.80. The summed E-state index contributed by atoms with van der Waals surface area (Å²) in [6.45, 7) is 8.15. The first-order valence-electron chi connectivity index (χ1n) is 7.80. The molecule has 0 aliphatic carbocycles. The van der Waals surface area contributed by atoms with Gasteiger partial charge in [0, 0.05) is 32.7 Å². The highest BCUT2D eigenvalue weighted by Gasteiger charge is 2.17. The topological polar surface area (TPSA) is 57.2 Å². The maximum atomic E-state index is 4.59. The summed E-state index contributed by atoms with van der Waals surface area (Å²) in [4.78, 5) is 9.30. The van der Waals surface area contributed by atoms with Gasteiger partial charge in [0.05, 0.1) is 6.20 Å². The second-order valence-electron chi connectivity index (χ2n) is 5.40. The lowest BCUT2D eigenvalue weighted by molar-refractivity contribution is 0.270. The van der Waals surface area contributed by atoms with Crippen LogP contribution in [0.3, 0.4) is 0 Å². The Balaban J connectivity index is 1.60. The Morgan fingerprint density at radius 2 is 1.86 bits per heavy atom. The molecule has 1 aromatic carbocycles. The third-order valence-corrected chi connectivity index (χ3v) is 3.98. The zero-order chi connectivity index (χ0) is 15.2. The molecule has 0 saturated carbocycles. The first-order chi connectivity index (χ1) is 10.8. The van der Waals surface area contributed by atoms with E-state index in [1.54, 1.807) is 6.20 Å². The zero-order valence-electron chi connectivity index (χ0n) is 12.9. The Morgan fingerprint density at radius 3 is 2.59 bits per heavy atom. The Hall–Kier alpha value is -2.21. The summed E-state index contributed by atoms with van der Waals surface area (Å²) in [5, 5.41) is 11.4. The summed E-state index contributed by atoms with van der Waals surface area (Å²) >= 11 is 0. The fourth-order valence-corrected chi connectivity index (χ4v) is 2.59. The van der Waals surface area contributed by atoms with Gasteiger partial charge >= 0.3 is 0 Å².